The molecule has 0 spiro atoms. The minimum absolute atomic E-state index is 0.0790. The van der Waals surface area contributed by atoms with Gasteiger partial charge in [0.1, 0.15) is 0 Å². The van der Waals surface area contributed by atoms with Gasteiger partial charge in [-0.05, 0) is 61.9 Å². The number of hydrogen-bond donors (Lipinski definition) is 0. The maximum Gasteiger partial charge on any atom is 0.0647 e. The van der Waals surface area contributed by atoms with E-state index in [1.165, 1.54) is 31.3 Å². The molecule has 2 aliphatic carbocycles. The summed E-state index contributed by atoms with van der Waals surface area (Å²) in [6.45, 7) is 18.4. The highest BCUT2D eigenvalue weighted by Gasteiger charge is 2.42. The summed E-state index contributed by atoms with van der Waals surface area (Å²) in [7, 11) is 0. The van der Waals surface area contributed by atoms with Gasteiger partial charge in [0.05, 0.1) is 12.2 Å². The molecule has 3 atom stereocenters. The van der Waals surface area contributed by atoms with Gasteiger partial charge in [-0.15, -0.1) is 0 Å². The first kappa shape index (κ1) is 17.8. The lowest BCUT2D eigenvalue weighted by molar-refractivity contribution is -0.0908. The predicted octanol–water partition coefficient (Wildman–Crippen LogP) is 6.15. The summed E-state index contributed by atoms with van der Waals surface area (Å²) < 4.78 is 6.54. The molecule has 1 fully saturated rings. The zero-order chi connectivity index (χ0) is 16.5. The summed E-state index contributed by atoms with van der Waals surface area (Å²) in [5, 5.41) is 0. The molecule has 0 aliphatic heterocycles. The van der Waals surface area contributed by atoms with Gasteiger partial charge in [0.15, 0.2) is 0 Å². The highest BCUT2D eigenvalue weighted by molar-refractivity contribution is 5.29. The third kappa shape index (κ3) is 3.50. The first-order chi connectivity index (χ1) is 10.2. The lowest BCUT2D eigenvalue weighted by Crippen LogP contribution is -2.43. The van der Waals surface area contributed by atoms with Gasteiger partial charge in [-0.3, -0.25) is 0 Å². The Morgan fingerprint density at radius 2 is 1.82 bits per heavy atom. The average Bonchev–Trinajstić information content (AvgIpc) is 2.44. The van der Waals surface area contributed by atoms with E-state index in [0.29, 0.717) is 17.4 Å². The summed E-state index contributed by atoms with van der Waals surface area (Å²) in [4.78, 5) is 0. The Balaban J connectivity index is 1.94. The Hall–Kier alpha value is -0.560. The van der Waals surface area contributed by atoms with E-state index >= 15 is 0 Å². The van der Waals surface area contributed by atoms with Crippen LogP contribution in [0, 0.1) is 22.7 Å². The normalized spacial score (nSPS) is 38.1. The molecule has 1 unspecified atom stereocenters. The molecule has 0 heterocycles. The van der Waals surface area contributed by atoms with Gasteiger partial charge in [0.25, 0.3) is 0 Å². The Morgan fingerprint density at radius 3 is 2.32 bits per heavy atom. The molecule has 1 saturated carbocycles. The maximum absolute atomic E-state index is 6.54. The van der Waals surface area contributed by atoms with Crippen LogP contribution in [0.25, 0.3) is 0 Å². The van der Waals surface area contributed by atoms with Crippen LogP contribution in [0.5, 0.6) is 0 Å². The molecule has 2 rings (SSSR count). The van der Waals surface area contributed by atoms with Crippen LogP contribution in [0.2, 0.25) is 0 Å². The largest absolute Gasteiger partial charge is 0.374 e. The standard InChI is InChI=1S/C21H36O/c1-15-9-8-10-16(2)21(15,7)17(3)22-19-13-11-18(12-14-19)20(4,5)6/h8-9,16-19H,1,10-14H2,2-7H3/t16-,17?,18?,19?,21+/m1/s1. The SMILES string of the molecule is C=C1C=CC[C@@H](C)[C@@]1(C)C(C)OC1CCC(C(C)(C)C)CC1. The highest BCUT2D eigenvalue weighted by Crippen LogP contribution is 2.46. The Morgan fingerprint density at radius 1 is 1.23 bits per heavy atom. The van der Waals surface area contributed by atoms with Crippen LogP contribution in [0.3, 0.4) is 0 Å². The van der Waals surface area contributed by atoms with Gasteiger partial charge in [0.2, 0.25) is 0 Å². The van der Waals surface area contributed by atoms with E-state index in [-0.39, 0.29) is 11.5 Å². The molecule has 126 valence electrons. The third-order valence-corrected chi connectivity index (χ3v) is 6.66. The van der Waals surface area contributed by atoms with Crippen molar-refractivity contribution in [2.75, 3.05) is 0 Å². The average molecular weight is 305 g/mol. The number of rotatable bonds is 3. The molecule has 0 aromatic heterocycles. The van der Waals surface area contributed by atoms with Crippen molar-refractivity contribution >= 4 is 0 Å². The molecule has 0 bridgehead atoms. The fraction of sp³-hybridized carbons (Fsp3) is 0.810. The van der Waals surface area contributed by atoms with Crippen molar-refractivity contribution in [3.05, 3.63) is 24.3 Å². The molecule has 0 amide bonds. The summed E-state index contributed by atoms with van der Waals surface area (Å²) in [6, 6.07) is 0. The maximum atomic E-state index is 6.54. The Labute approximate surface area is 138 Å². The predicted molar refractivity (Wildman–Crippen MR) is 95.9 cm³/mol. The molecule has 0 saturated heterocycles. The molecule has 0 N–H and O–H groups in total. The van der Waals surface area contributed by atoms with Crippen LogP contribution in [0.1, 0.15) is 73.6 Å². The van der Waals surface area contributed by atoms with Crippen molar-refractivity contribution in [2.45, 2.75) is 85.9 Å². The number of hydrogen-bond acceptors (Lipinski definition) is 1. The Kier molecular flexibility index (Phi) is 5.27. The zero-order valence-electron chi connectivity index (χ0n) is 15.6. The first-order valence-electron chi connectivity index (χ1n) is 9.17. The summed E-state index contributed by atoms with van der Waals surface area (Å²) >= 11 is 0. The van der Waals surface area contributed by atoms with Gasteiger partial charge < -0.3 is 4.74 Å². The molecular formula is C21H36O. The van der Waals surface area contributed by atoms with E-state index in [4.69, 9.17) is 4.74 Å². The van der Waals surface area contributed by atoms with Crippen LogP contribution in [-0.2, 0) is 4.74 Å². The van der Waals surface area contributed by atoms with E-state index < -0.39 is 0 Å². The van der Waals surface area contributed by atoms with Crippen LogP contribution in [-0.4, -0.2) is 12.2 Å². The summed E-state index contributed by atoms with van der Waals surface area (Å²) in [6.07, 6.45) is 11.4. The van der Waals surface area contributed by atoms with Crippen molar-refractivity contribution in [2.24, 2.45) is 22.7 Å². The van der Waals surface area contributed by atoms with Crippen molar-refractivity contribution in [1.82, 2.24) is 0 Å². The minimum Gasteiger partial charge on any atom is -0.374 e. The van der Waals surface area contributed by atoms with Gasteiger partial charge in [-0.1, -0.05) is 53.3 Å². The van der Waals surface area contributed by atoms with E-state index in [1.807, 2.05) is 0 Å². The van der Waals surface area contributed by atoms with Gasteiger partial charge >= 0.3 is 0 Å². The topological polar surface area (TPSA) is 9.23 Å². The van der Waals surface area contributed by atoms with Crippen LogP contribution >= 0.6 is 0 Å². The lowest BCUT2D eigenvalue weighted by Gasteiger charge is -2.45. The van der Waals surface area contributed by atoms with E-state index in [9.17, 15) is 0 Å². The van der Waals surface area contributed by atoms with Crippen LogP contribution < -0.4 is 0 Å². The monoisotopic (exact) mass is 304 g/mol. The zero-order valence-corrected chi connectivity index (χ0v) is 15.6. The van der Waals surface area contributed by atoms with Crippen molar-refractivity contribution in [3.8, 4) is 0 Å². The second-order valence-corrected chi connectivity index (χ2v) is 8.97. The highest BCUT2D eigenvalue weighted by atomic mass is 16.5. The van der Waals surface area contributed by atoms with Crippen molar-refractivity contribution < 1.29 is 4.74 Å². The number of ether oxygens (including phenoxy) is 1. The second-order valence-electron chi connectivity index (χ2n) is 8.97. The third-order valence-electron chi connectivity index (χ3n) is 6.66. The summed E-state index contributed by atoms with van der Waals surface area (Å²) in [5.74, 6) is 1.45. The molecule has 22 heavy (non-hydrogen) atoms. The molecular weight excluding hydrogens is 268 g/mol. The van der Waals surface area contributed by atoms with E-state index in [0.717, 1.165) is 12.3 Å². The fourth-order valence-electron chi connectivity index (χ4n) is 4.31. The molecule has 0 aromatic carbocycles. The van der Waals surface area contributed by atoms with Crippen LogP contribution in [0.4, 0.5) is 0 Å². The van der Waals surface area contributed by atoms with Gasteiger partial charge in [-0.25, -0.2) is 0 Å². The fourth-order valence-corrected chi connectivity index (χ4v) is 4.31. The van der Waals surface area contributed by atoms with E-state index in [1.54, 1.807) is 0 Å². The molecule has 1 heteroatoms. The van der Waals surface area contributed by atoms with Crippen molar-refractivity contribution in [1.29, 1.82) is 0 Å². The Bertz CT molecular complexity index is 420. The minimum atomic E-state index is 0.0790. The van der Waals surface area contributed by atoms with Crippen molar-refractivity contribution in [3.63, 3.8) is 0 Å². The second kappa shape index (κ2) is 6.51. The molecule has 1 nitrogen and oxygen atoms in total. The first-order valence-corrected chi connectivity index (χ1v) is 9.17. The van der Waals surface area contributed by atoms with Gasteiger partial charge in [0, 0.05) is 5.41 Å². The molecule has 2 aliphatic rings. The van der Waals surface area contributed by atoms with E-state index in [2.05, 4.69) is 60.3 Å². The van der Waals surface area contributed by atoms with Gasteiger partial charge in [-0.2, -0.15) is 0 Å². The smallest absolute Gasteiger partial charge is 0.0647 e. The summed E-state index contributed by atoms with van der Waals surface area (Å²) in [5.41, 5.74) is 1.76. The quantitative estimate of drug-likeness (QED) is 0.607. The molecule has 0 aromatic rings. The van der Waals surface area contributed by atoms with Crippen LogP contribution in [0.15, 0.2) is 24.3 Å². The lowest BCUT2D eigenvalue weighted by atomic mass is 9.65. The molecule has 0 radical (unpaired) electrons. The number of allylic oxidation sites excluding steroid dienone is 2.